The fourth-order valence-corrected chi connectivity index (χ4v) is 3.70. The molecule has 3 nitrogen and oxygen atoms in total. The highest BCUT2D eigenvalue weighted by molar-refractivity contribution is 5.80. The fraction of sp³-hybridized carbons (Fsp3) is 0.381. The fourth-order valence-electron chi connectivity index (χ4n) is 3.70. The Bertz CT molecular complexity index is 734. The predicted molar refractivity (Wildman–Crippen MR) is 97.2 cm³/mol. The van der Waals surface area contributed by atoms with Gasteiger partial charge in [0.2, 0.25) is 5.91 Å². The lowest BCUT2D eigenvalue weighted by molar-refractivity contribution is -0.136. The Morgan fingerprint density at radius 2 is 1.92 bits per heavy atom. The molecule has 4 atom stereocenters. The van der Waals surface area contributed by atoms with E-state index in [0.717, 1.165) is 17.5 Å². The van der Waals surface area contributed by atoms with Gasteiger partial charge in [-0.25, -0.2) is 4.39 Å². The van der Waals surface area contributed by atoms with Crippen molar-refractivity contribution in [2.24, 2.45) is 17.6 Å². The average molecular weight is 340 g/mol. The SMILES string of the molecule is CC1CC(c2cccc(F)c2)N(C(=O)C(C)C(N)c2ccccc2)C1. The van der Waals surface area contributed by atoms with Crippen molar-refractivity contribution in [2.75, 3.05) is 6.54 Å². The number of rotatable bonds is 4. The van der Waals surface area contributed by atoms with Crippen LogP contribution in [0, 0.1) is 17.7 Å². The molecule has 1 heterocycles. The molecule has 0 spiro atoms. The minimum absolute atomic E-state index is 0.0370. The standard InChI is InChI=1S/C21H25FN2O/c1-14-11-19(17-9-6-10-18(22)12-17)24(13-14)21(25)15(2)20(23)16-7-4-3-5-8-16/h3-10,12,14-15,19-20H,11,13,23H2,1-2H3. The van der Waals surface area contributed by atoms with Gasteiger partial charge in [-0.3, -0.25) is 4.79 Å². The maximum absolute atomic E-state index is 13.6. The van der Waals surface area contributed by atoms with E-state index in [1.165, 1.54) is 12.1 Å². The van der Waals surface area contributed by atoms with E-state index in [9.17, 15) is 9.18 Å². The van der Waals surface area contributed by atoms with Crippen LogP contribution in [-0.4, -0.2) is 17.4 Å². The molecular formula is C21H25FN2O. The van der Waals surface area contributed by atoms with Crippen LogP contribution in [0.15, 0.2) is 54.6 Å². The number of amides is 1. The molecule has 4 unspecified atom stereocenters. The smallest absolute Gasteiger partial charge is 0.227 e. The Hall–Kier alpha value is -2.20. The van der Waals surface area contributed by atoms with Gasteiger partial charge in [0.15, 0.2) is 0 Å². The molecule has 4 heteroatoms. The maximum atomic E-state index is 13.6. The first-order valence-corrected chi connectivity index (χ1v) is 8.84. The first-order valence-electron chi connectivity index (χ1n) is 8.84. The van der Waals surface area contributed by atoms with E-state index < -0.39 is 0 Å². The lowest BCUT2D eigenvalue weighted by Gasteiger charge is -2.30. The molecule has 1 saturated heterocycles. The Morgan fingerprint density at radius 1 is 1.20 bits per heavy atom. The van der Waals surface area contributed by atoms with Gasteiger partial charge in [-0.1, -0.05) is 56.3 Å². The molecule has 1 aliphatic rings. The summed E-state index contributed by atoms with van der Waals surface area (Å²) in [6.45, 7) is 4.69. The highest BCUT2D eigenvalue weighted by atomic mass is 19.1. The molecule has 1 amide bonds. The van der Waals surface area contributed by atoms with Gasteiger partial charge in [-0.05, 0) is 35.6 Å². The lowest BCUT2D eigenvalue weighted by atomic mass is 9.93. The van der Waals surface area contributed by atoms with Gasteiger partial charge in [0.05, 0.1) is 12.0 Å². The Morgan fingerprint density at radius 3 is 2.60 bits per heavy atom. The number of halogens is 1. The van der Waals surface area contributed by atoms with E-state index in [2.05, 4.69) is 6.92 Å². The number of hydrogen-bond donors (Lipinski definition) is 1. The number of nitrogens with two attached hydrogens (primary N) is 1. The summed E-state index contributed by atoms with van der Waals surface area (Å²) in [5.74, 6) is -0.172. The second-order valence-electron chi connectivity index (χ2n) is 7.13. The van der Waals surface area contributed by atoms with Gasteiger partial charge in [0.25, 0.3) is 0 Å². The van der Waals surface area contributed by atoms with E-state index in [4.69, 9.17) is 5.73 Å². The molecule has 2 aromatic carbocycles. The summed E-state index contributed by atoms with van der Waals surface area (Å²) in [6, 6.07) is 15.8. The van der Waals surface area contributed by atoms with Crippen LogP contribution in [0.25, 0.3) is 0 Å². The zero-order valence-electron chi connectivity index (χ0n) is 14.7. The number of benzene rings is 2. The predicted octanol–water partition coefficient (Wildman–Crippen LogP) is 4.07. The molecule has 2 N–H and O–H groups in total. The van der Waals surface area contributed by atoms with Crippen molar-refractivity contribution in [1.29, 1.82) is 0 Å². The van der Waals surface area contributed by atoms with Gasteiger partial charge in [0.1, 0.15) is 5.82 Å². The number of carbonyl (C=O) groups is 1. The summed E-state index contributed by atoms with van der Waals surface area (Å²) in [5.41, 5.74) is 8.16. The molecule has 0 radical (unpaired) electrons. The van der Waals surface area contributed by atoms with Gasteiger partial charge < -0.3 is 10.6 Å². The Balaban J connectivity index is 1.81. The third-order valence-corrected chi connectivity index (χ3v) is 5.14. The lowest BCUT2D eigenvalue weighted by Crippen LogP contribution is -2.39. The number of carbonyl (C=O) groups excluding carboxylic acids is 1. The zero-order valence-corrected chi connectivity index (χ0v) is 14.7. The summed E-state index contributed by atoms with van der Waals surface area (Å²) in [5, 5.41) is 0. The second kappa shape index (κ2) is 7.36. The quantitative estimate of drug-likeness (QED) is 0.912. The first-order chi connectivity index (χ1) is 12.0. The summed E-state index contributed by atoms with van der Waals surface area (Å²) >= 11 is 0. The Labute approximate surface area is 148 Å². The van der Waals surface area contributed by atoms with Crippen molar-refractivity contribution in [2.45, 2.75) is 32.4 Å². The topological polar surface area (TPSA) is 46.3 Å². The maximum Gasteiger partial charge on any atom is 0.227 e. The summed E-state index contributed by atoms with van der Waals surface area (Å²) in [6.07, 6.45) is 0.850. The third-order valence-electron chi connectivity index (χ3n) is 5.14. The molecule has 2 aromatic rings. The molecule has 0 bridgehead atoms. The third kappa shape index (κ3) is 3.74. The minimum Gasteiger partial charge on any atom is -0.335 e. The van der Waals surface area contributed by atoms with Crippen LogP contribution >= 0.6 is 0 Å². The van der Waals surface area contributed by atoms with Crippen molar-refractivity contribution in [3.63, 3.8) is 0 Å². The normalized spacial score (nSPS) is 22.6. The van der Waals surface area contributed by atoms with Crippen molar-refractivity contribution in [3.8, 4) is 0 Å². The van der Waals surface area contributed by atoms with Gasteiger partial charge in [0, 0.05) is 12.6 Å². The monoisotopic (exact) mass is 340 g/mol. The molecule has 25 heavy (non-hydrogen) atoms. The van der Waals surface area contributed by atoms with E-state index in [1.807, 2.05) is 48.2 Å². The van der Waals surface area contributed by atoms with E-state index in [0.29, 0.717) is 12.5 Å². The van der Waals surface area contributed by atoms with Gasteiger partial charge in [-0.15, -0.1) is 0 Å². The first kappa shape index (κ1) is 17.6. The summed E-state index contributed by atoms with van der Waals surface area (Å²) in [7, 11) is 0. The number of likely N-dealkylation sites (tertiary alicyclic amines) is 1. The highest BCUT2D eigenvalue weighted by Gasteiger charge is 2.37. The zero-order chi connectivity index (χ0) is 18.0. The molecule has 132 valence electrons. The van der Waals surface area contributed by atoms with E-state index in [-0.39, 0.29) is 29.7 Å². The van der Waals surface area contributed by atoms with Crippen molar-refractivity contribution >= 4 is 5.91 Å². The molecule has 1 fully saturated rings. The van der Waals surface area contributed by atoms with Crippen molar-refractivity contribution in [1.82, 2.24) is 4.90 Å². The van der Waals surface area contributed by atoms with Crippen LogP contribution in [0.2, 0.25) is 0 Å². The minimum atomic E-state index is -0.349. The van der Waals surface area contributed by atoms with Crippen molar-refractivity contribution in [3.05, 3.63) is 71.5 Å². The second-order valence-corrected chi connectivity index (χ2v) is 7.13. The summed E-state index contributed by atoms with van der Waals surface area (Å²) < 4.78 is 13.6. The molecular weight excluding hydrogens is 315 g/mol. The van der Waals surface area contributed by atoms with Crippen LogP contribution in [0.3, 0.4) is 0 Å². The van der Waals surface area contributed by atoms with Crippen LogP contribution in [-0.2, 0) is 4.79 Å². The van der Waals surface area contributed by atoms with Gasteiger partial charge in [-0.2, -0.15) is 0 Å². The number of hydrogen-bond acceptors (Lipinski definition) is 2. The molecule has 0 aliphatic carbocycles. The molecule has 0 saturated carbocycles. The average Bonchev–Trinajstić information content (AvgIpc) is 3.02. The Kier molecular flexibility index (Phi) is 5.19. The van der Waals surface area contributed by atoms with E-state index in [1.54, 1.807) is 6.07 Å². The van der Waals surface area contributed by atoms with Crippen molar-refractivity contribution < 1.29 is 9.18 Å². The largest absolute Gasteiger partial charge is 0.335 e. The summed E-state index contributed by atoms with van der Waals surface area (Å²) in [4.78, 5) is 15.0. The number of nitrogens with zero attached hydrogens (tertiary/aromatic N) is 1. The van der Waals surface area contributed by atoms with Crippen LogP contribution in [0.4, 0.5) is 4.39 Å². The van der Waals surface area contributed by atoms with Crippen LogP contribution in [0.5, 0.6) is 0 Å². The molecule has 3 rings (SSSR count). The van der Waals surface area contributed by atoms with Crippen LogP contribution < -0.4 is 5.73 Å². The van der Waals surface area contributed by atoms with Crippen LogP contribution in [0.1, 0.15) is 43.5 Å². The highest BCUT2D eigenvalue weighted by Crippen LogP contribution is 2.37. The molecule has 0 aromatic heterocycles. The molecule has 1 aliphatic heterocycles. The van der Waals surface area contributed by atoms with Gasteiger partial charge >= 0.3 is 0 Å². The van der Waals surface area contributed by atoms with E-state index >= 15 is 0 Å².